The number of hydrogen-bond donors (Lipinski definition) is 1. The highest BCUT2D eigenvalue weighted by Gasteiger charge is 2.21. The molecule has 0 unspecified atom stereocenters. The van der Waals surface area contributed by atoms with Crippen LogP contribution in [0.3, 0.4) is 0 Å². The molecule has 1 N–H and O–H groups in total. The Morgan fingerprint density at radius 1 is 1.07 bits per heavy atom. The molecule has 7 heteroatoms. The first-order chi connectivity index (χ1) is 14.4. The first-order valence-corrected chi connectivity index (χ1v) is 9.68. The highest BCUT2D eigenvalue weighted by atomic mass is 16.5. The molecular formula is C23H24N2O5. The van der Waals surface area contributed by atoms with E-state index in [1.54, 1.807) is 29.0 Å². The zero-order valence-electron chi connectivity index (χ0n) is 17.2. The van der Waals surface area contributed by atoms with Crippen LogP contribution in [0.5, 0.6) is 0 Å². The van der Waals surface area contributed by atoms with Gasteiger partial charge in [0.1, 0.15) is 6.54 Å². The second-order valence-corrected chi connectivity index (χ2v) is 6.85. The van der Waals surface area contributed by atoms with Crippen molar-refractivity contribution in [1.82, 2.24) is 4.57 Å². The van der Waals surface area contributed by atoms with Crippen molar-refractivity contribution >= 4 is 34.4 Å². The van der Waals surface area contributed by atoms with Gasteiger partial charge in [-0.2, -0.15) is 0 Å². The van der Waals surface area contributed by atoms with E-state index in [2.05, 4.69) is 12.2 Å². The van der Waals surface area contributed by atoms with E-state index in [0.717, 1.165) is 12.0 Å². The van der Waals surface area contributed by atoms with Crippen LogP contribution in [-0.4, -0.2) is 35.6 Å². The van der Waals surface area contributed by atoms with Crippen LogP contribution in [0.4, 0.5) is 5.69 Å². The van der Waals surface area contributed by atoms with E-state index >= 15 is 0 Å². The van der Waals surface area contributed by atoms with Crippen molar-refractivity contribution in [1.29, 1.82) is 0 Å². The fourth-order valence-electron chi connectivity index (χ4n) is 3.14. The standard InChI is InChI=1S/C23H24N2O5/c1-4-16-9-11-17(12-10-16)24-22(27)15(2)30-21(26)14-25-13-19(23(28)29-3)18-7-5-6-8-20(18)25/h5-13,15H,4,14H2,1-3H3,(H,24,27)/t15-/m1/s1. The number of para-hydroxylation sites is 1. The van der Waals surface area contributed by atoms with Crippen molar-refractivity contribution in [2.45, 2.75) is 32.9 Å². The maximum Gasteiger partial charge on any atom is 0.340 e. The van der Waals surface area contributed by atoms with E-state index < -0.39 is 23.9 Å². The predicted molar refractivity (Wildman–Crippen MR) is 113 cm³/mol. The number of anilines is 1. The largest absolute Gasteiger partial charge is 0.465 e. The summed E-state index contributed by atoms with van der Waals surface area (Å²) < 4.78 is 11.7. The second-order valence-electron chi connectivity index (χ2n) is 6.85. The number of benzene rings is 2. The summed E-state index contributed by atoms with van der Waals surface area (Å²) in [6, 6.07) is 14.7. The average molecular weight is 408 g/mol. The summed E-state index contributed by atoms with van der Waals surface area (Å²) in [6.45, 7) is 3.43. The fourth-order valence-corrected chi connectivity index (χ4v) is 3.14. The third-order valence-corrected chi connectivity index (χ3v) is 4.80. The van der Waals surface area contributed by atoms with Gasteiger partial charge >= 0.3 is 11.9 Å². The van der Waals surface area contributed by atoms with Crippen LogP contribution >= 0.6 is 0 Å². The smallest absolute Gasteiger partial charge is 0.340 e. The monoisotopic (exact) mass is 408 g/mol. The van der Waals surface area contributed by atoms with Gasteiger partial charge in [-0.15, -0.1) is 0 Å². The predicted octanol–water partition coefficient (Wildman–Crippen LogP) is 3.56. The molecule has 0 fully saturated rings. The number of rotatable bonds is 7. The second kappa shape index (κ2) is 9.26. The number of methoxy groups -OCH3 is 1. The van der Waals surface area contributed by atoms with Crippen molar-refractivity contribution < 1.29 is 23.9 Å². The Morgan fingerprint density at radius 2 is 1.77 bits per heavy atom. The molecule has 1 aromatic heterocycles. The number of ether oxygens (including phenoxy) is 2. The van der Waals surface area contributed by atoms with Crippen LogP contribution in [0.2, 0.25) is 0 Å². The first-order valence-electron chi connectivity index (χ1n) is 9.68. The Balaban J connectivity index is 1.66. The molecule has 1 amide bonds. The lowest BCUT2D eigenvalue weighted by atomic mass is 10.1. The minimum atomic E-state index is -0.967. The molecule has 0 saturated heterocycles. The lowest BCUT2D eigenvalue weighted by Gasteiger charge is -2.14. The van der Waals surface area contributed by atoms with Crippen LogP contribution in [0.15, 0.2) is 54.7 Å². The Bertz CT molecular complexity index is 1070. The molecule has 30 heavy (non-hydrogen) atoms. The summed E-state index contributed by atoms with van der Waals surface area (Å²) in [6.07, 6.45) is 1.50. The summed E-state index contributed by atoms with van der Waals surface area (Å²) in [5.74, 6) is -1.49. The Morgan fingerprint density at radius 3 is 2.43 bits per heavy atom. The van der Waals surface area contributed by atoms with Gasteiger partial charge in [0, 0.05) is 22.8 Å². The molecule has 0 radical (unpaired) electrons. The van der Waals surface area contributed by atoms with Crippen LogP contribution in [0, 0.1) is 0 Å². The zero-order chi connectivity index (χ0) is 21.7. The highest BCUT2D eigenvalue weighted by Crippen LogP contribution is 2.22. The highest BCUT2D eigenvalue weighted by molar-refractivity contribution is 6.04. The normalized spacial score (nSPS) is 11.7. The molecule has 156 valence electrons. The summed E-state index contributed by atoms with van der Waals surface area (Å²) in [4.78, 5) is 36.8. The summed E-state index contributed by atoms with van der Waals surface area (Å²) in [7, 11) is 1.30. The van der Waals surface area contributed by atoms with Gasteiger partial charge in [-0.3, -0.25) is 9.59 Å². The number of aryl methyl sites for hydroxylation is 1. The fraction of sp³-hybridized carbons (Fsp3) is 0.261. The van der Waals surface area contributed by atoms with E-state index in [-0.39, 0.29) is 6.54 Å². The number of esters is 2. The molecule has 0 spiro atoms. The van der Waals surface area contributed by atoms with Gasteiger partial charge in [0.05, 0.1) is 12.7 Å². The number of fused-ring (bicyclic) bond motifs is 1. The molecule has 1 atom stereocenters. The van der Waals surface area contributed by atoms with Crippen LogP contribution in [-0.2, 0) is 32.0 Å². The SMILES string of the molecule is CCc1ccc(NC(=O)[C@@H](C)OC(=O)Cn2cc(C(=O)OC)c3ccccc32)cc1. The average Bonchev–Trinajstić information content (AvgIpc) is 3.12. The quantitative estimate of drug-likeness (QED) is 0.604. The van der Waals surface area contributed by atoms with Crippen LogP contribution in [0.1, 0.15) is 29.8 Å². The van der Waals surface area contributed by atoms with Crippen LogP contribution < -0.4 is 5.32 Å². The Hall–Kier alpha value is -3.61. The summed E-state index contributed by atoms with van der Waals surface area (Å²) in [5.41, 5.74) is 2.86. The van der Waals surface area contributed by atoms with Crippen molar-refractivity contribution in [3.8, 4) is 0 Å². The van der Waals surface area contributed by atoms with Crippen molar-refractivity contribution in [2.24, 2.45) is 0 Å². The molecule has 0 aliphatic heterocycles. The molecule has 0 aliphatic rings. The van der Waals surface area contributed by atoms with Gasteiger partial charge in [-0.05, 0) is 37.1 Å². The van der Waals surface area contributed by atoms with Gasteiger partial charge in [-0.25, -0.2) is 4.79 Å². The van der Waals surface area contributed by atoms with Crippen molar-refractivity contribution in [2.75, 3.05) is 12.4 Å². The van der Waals surface area contributed by atoms with E-state index in [0.29, 0.717) is 22.2 Å². The van der Waals surface area contributed by atoms with Crippen LogP contribution in [0.25, 0.3) is 10.9 Å². The molecule has 7 nitrogen and oxygen atoms in total. The van der Waals surface area contributed by atoms with E-state index in [4.69, 9.17) is 9.47 Å². The maximum absolute atomic E-state index is 12.4. The number of amides is 1. The van der Waals surface area contributed by atoms with Crippen molar-refractivity contribution in [3.63, 3.8) is 0 Å². The molecule has 2 aromatic carbocycles. The van der Waals surface area contributed by atoms with Gasteiger partial charge in [0.2, 0.25) is 0 Å². The van der Waals surface area contributed by atoms with Gasteiger partial charge in [0.25, 0.3) is 5.91 Å². The van der Waals surface area contributed by atoms with E-state index in [9.17, 15) is 14.4 Å². The van der Waals surface area contributed by atoms with Gasteiger partial charge in [-0.1, -0.05) is 37.3 Å². The van der Waals surface area contributed by atoms with Gasteiger partial charge in [0.15, 0.2) is 6.10 Å². The minimum Gasteiger partial charge on any atom is -0.465 e. The third kappa shape index (κ3) is 4.68. The number of nitrogens with one attached hydrogen (secondary N) is 1. The lowest BCUT2D eigenvalue weighted by molar-refractivity contribution is -0.153. The molecule has 0 bridgehead atoms. The third-order valence-electron chi connectivity index (χ3n) is 4.80. The number of nitrogens with zero attached hydrogens (tertiary/aromatic N) is 1. The molecule has 3 rings (SSSR count). The first kappa shape index (κ1) is 21.1. The summed E-state index contributed by atoms with van der Waals surface area (Å²) in [5, 5.41) is 3.41. The number of carbonyl (C=O) groups is 3. The Kier molecular flexibility index (Phi) is 6.51. The number of hydrogen-bond acceptors (Lipinski definition) is 5. The lowest BCUT2D eigenvalue weighted by Crippen LogP contribution is -2.31. The number of aromatic nitrogens is 1. The van der Waals surface area contributed by atoms with Crippen molar-refractivity contribution in [3.05, 3.63) is 65.9 Å². The molecular weight excluding hydrogens is 384 g/mol. The maximum atomic E-state index is 12.4. The summed E-state index contributed by atoms with van der Waals surface area (Å²) >= 11 is 0. The molecule has 1 heterocycles. The van der Waals surface area contributed by atoms with E-state index in [1.165, 1.54) is 14.0 Å². The Labute approximate surface area is 174 Å². The molecule has 0 aliphatic carbocycles. The topological polar surface area (TPSA) is 86.6 Å². The zero-order valence-corrected chi connectivity index (χ0v) is 17.2. The van der Waals surface area contributed by atoms with Gasteiger partial charge < -0.3 is 19.4 Å². The molecule has 0 saturated carbocycles. The number of carbonyl (C=O) groups excluding carboxylic acids is 3. The van der Waals surface area contributed by atoms with E-state index in [1.807, 2.05) is 30.3 Å². The molecule has 3 aromatic rings. The minimum absolute atomic E-state index is 0.139.